The number of nitrogens with two attached hydrogens (primary N) is 1. The van der Waals surface area contributed by atoms with Crippen molar-refractivity contribution in [2.24, 2.45) is 5.73 Å². The van der Waals surface area contributed by atoms with Crippen molar-refractivity contribution in [1.29, 1.82) is 0 Å². The van der Waals surface area contributed by atoms with Crippen LogP contribution in [0, 0.1) is 0 Å². The highest BCUT2D eigenvalue weighted by Gasteiger charge is 2.19. The third-order valence-electron chi connectivity index (χ3n) is 4.46. The third-order valence-corrected chi connectivity index (χ3v) is 5.40. The van der Waals surface area contributed by atoms with E-state index in [0.29, 0.717) is 0 Å². The molecule has 1 aromatic carbocycles. The quantitative estimate of drug-likeness (QED) is 0.790. The van der Waals surface area contributed by atoms with Crippen molar-refractivity contribution < 1.29 is 0 Å². The summed E-state index contributed by atoms with van der Waals surface area (Å²) in [5.41, 5.74) is 9.11. The third kappa shape index (κ3) is 3.31. The molecule has 2 heteroatoms. The number of benzene rings is 1. The Morgan fingerprint density at radius 3 is 2.55 bits per heavy atom. The SMILES string of the molecule is NC(CCCc1cccs1)c1ccc(C2CCC2)cc1. The molecule has 0 saturated heterocycles. The van der Waals surface area contributed by atoms with Gasteiger partial charge in [-0.25, -0.2) is 0 Å². The molecule has 0 amide bonds. The molecule has 2 N–H and O–H groups in total. The first-order valence-electron chi connectivity index (χ1n) is 7.71. The van der Waals surface area contributed by atoms with Crippen molar-refractivity contribution in [1.82, 2.24) is 0 Å². The molecule has 2 aromatic rings. The van der Waals surface area contributed by atoms with Gasteiger partial charge < -0.3 is 5.73 Å². The van der Waals surface area contributed by atoms with E-state index in [9.17, 15) is 0 Å². The van der Waals surface area contributed by atoms with Gasteiger partial charge in [0.15, 0.2) is 0 Å². The smallest absolute Gasteiger partial charge is 0.0294 e. The maximum atomic E-state index is 6.31. The molecule has 0 bridgehead atoms. The van der Waals surface area contributed by atoms with E-state index >= 15 is 0 Å². The molecule has 1 aliphatic carbocycles. The van der Waals surface area contributed by atoms with Crippen molar-refractivity contribution in [2.75, 3.05) is 0 Å². The number of thiophene rings is 1. The summed E-state index contributed by atoms with van der Waals surface area (Å²) in [6.45, 7) is 0. The molecule has 0 spiro atoms. The Kier molecular flexibility index (Phi) is 4.54. The molecule has 1 atom stereocenters. The maximum Gasteiger partial charge on any atom is 0.0294 e. The molecular weight excluding hydrogens is 262 g/mol. The fourth-order valence-corrected chi connectivity index (χ4v) is 3.63. The number of hydrogen-bond acceptors (Lipinski definition) is 2. The van der Waals surface area contributed by atoms with Crippen LogP contribution >= 0.6 is 11.3 Å². The fourth-order valence-electron chi connectivity index (χ4n) is 2.87. The second kappa shape index (κ2) is 6.55. The molecule has 1 aromatic heterocycles. The van der Waals surface area contributed by atoms with Gasteiger partial charge in [0, 0.05) is 10.9 Å². The lowest BCUT2D eigenvalue weighted by Crippen LogP contribution is -2.12. The van der Waals surface area contributed by atoms with Crippen molar-refractivity contribution in [3.8, 4) is 0 Å². The minimum atomic E-state index is 0.186. The lowest BCUT2D eigenvalue weighted by molar-refractivity contribution is 0.419. The summed E-state index contributed by atoms with van der Waals surface area (Å²) in [5, 5.41) is 2.15. The zero-order chi connectivity index (χ0) is 13.8. The summed E-state index contributed by atoms with van der Waals surface area (Å²) in [4.78, 5) is 1.47. The summed E-state index contributed by atoms with van der Waals surface area (Å²) in [6.07, 6.45) is 7.53. The predicted molar refractivity (Wildman–Crippen MR) is 87.2 cm³/mol. The van der Waals surface area contributed by atoms with E-state index in [1.165, 1.54) is 41.7 Å². The zero-order valence-corrected chi connectivity index (χ0v) is 12.7. The van der Waals surface area contributed by atoms with Crippen LogP contribution in [0.15, 0.2) is 41.8 Å². The highest BCUT2D eigenvalue weighted by Crippen LogP contribution is 2.36. The minimum absolute atomic E-state index is 0.186. The summed E-state index contributed by atoms with van der Waals surface area (Å²) in [5.74, 6) is 0.819. The Bertz CT molecular complexity index is 511. The lowest BCUT2D eigenvalue weighted by Gasteiger charge is -2.26. The first-order chi connectivity index (χ1) is 9.83. The van der Waals surface area contributed by atoms with Gasteiger partial charge >= 0.3 is 0 Å². The molecule has 3 rings (SSSR count). The fraction of sp³-hybridized carbons (Fsp3) is 0.444. The second-order valence-corrected chi connectivity index (χ2v) is 6.90. The van der Waals surface area contributed by atoms with E-state index < -0.39 is 0 Å². The summed E-state index contributed by atoms with van der Waals surface area (Å²) in [6, 6.07) is 13.6. The van der Waals surface area contributed by atoms with E-state index in [1.807, 2.05) is 11.3 Å². The van der Waals surface area contributed by atoms with Crippen molar-refractivity contribution in [3.63, 3.8) is 0 Å². The largest absolute Gasteiger partial charge is 0.324 e. The highest BCUT2D eigenvalue weighted by atomic mass is 32.1. The Morgan fingerprint density at radius 1 is 1.15 bits per heavy atom. The molecule has 1 nitrogen and oxygen atoms in total. The van der Waals surface area contributed by atoms with Crippen LogP contribution in [0.5, 0.6) is 0 Å². The Morgan fingerprint density at radius 2 is 1.95 bits per heavy atom. The second-order valence-electron chi connectivity index (χ2n) is 5.87. The Balaban J connectivity index is 1.49. The van der Waals surface area contributed by atoms with Crippen LogP contribution in [0.2, 0.25) is 0 Å². The van der Waals surface area contributed by atoms with Crippen LogP contribution < -0.4 is 5.73 Å². The molecule has 1 aliphatic rings. The molecule has 1 unspecified atom stereocenters. The van der Waals surface area contributed by atoms with Crippen molar-refractivity contribution in [2.45, 2.75) is 50.5 Å². The topological polar surface area (TPSA) is 26.0 Å². The number of rotatable bonds is 6. The minimum Gasteiger partial charge on any atom is -0.324 e. The van der Waals surface area contributed by atoms with Crippen molar-refractivity contribution in [3.05, 3.63) is 57.8 Å². The maximum absolute atomic E-state index is 6.31. The highest BCUT2D eigenvalue weighted by molar-refractivity contribution is 7.09. The van der Waals surface area contributed by atoms with Crippen LogP contribution in [-0.2, 0) is 6.42 Å². The monoisotopic (exact) mass is 285 g/mol. The molecule has 0 radical (unpaired) electrons. The molecule has 20 heavy (non-hydrogen) atoms. The average molecular weight is 285 g/mol. The first-order valence-corrected chi connectivity index (χ1v) is 8.59. The summed E-state index contributed by atoms with van der Waals surface area (Å²) >= 11 is 1.84. The van der Waals surface area contributed by atoms with Gasteiger partial charge in [-0.3, -0.25) is 0 Å². The van der Waals surface area contributed by atoms with Crippen LogP contribution in [0.1, 0.15) is 60.1 Å². The van der Waals surface area contributed by atoms with E-state index in [-0.39, 0.29) is 6.04 Å². The van der Waals surface area contributed by atoms with Gasteiger partial charge in [0.1, 0.15) is 0 Å². The van der Waals surface area contributed by atoms with Gasteiger partial charge in [0.2, 0.25) is 0 Å². The molecule has 1 fully saturated rings. The van der Waals surface area contributed by atoms with E-state index in [2.05, 4.69) is 41.8 Å². The van der Waals surface area contributed by atoms with Gasteiger partial charge in [0.25, 0.3) is 0 Å². The van der Waals surface area contributed by atoms with Gasteiger partial charge in [0.05, 0.1) is 0 Å². The first kappa shape index (κ1) is 13.8. The lowest BCUT2D eigenvalue weighted by atomic mass is 9.80. The molecule has 0 aliphatic heterocycles. The van der Waals surface area contributed by atoms with Crippen molar-refractivity contribution >= 4 is 11.3 Å². The standard InChI is InChI=1S/C18H23NS/c19-18(8-2-6-17-7-3-13-20-17)16-11-9-15(10-12-16)14-4-1-5-14/h3,7,9-14,18H,1-2,4-6,8,19H2. The van der Waals surface area contributed by atoms with Gasteiger partial charge in [-0.1, -0.05) is 36.8 Å². The molecule has 1 saturated carbocycles. The van der Waals surface area contributed by atoms with Gasteiger partial charge in [-0.15, -0.1) is 11.3 Å². The molecular formula is C18H23NS. The Labute approximate surface area is 125 Å². The zero-order valence-electron chi connectivity index (χ0n) is 11.9. The van der Waals surface area contributed by atoms with Crippen LogP contribution in [0.25, 0.3) is 0 Å². The summed E-state index contributed by atoms with van der Waals surface area (Å²) < 4.78 is 0. The van der Waals surface area contributed by atoms with Crippen LogP contribution in [0.3, 0.4) is 0 Å². The molecule has 106 valence electrons. The Hall–Kier alpha value is -1.12. The molecule has 1 heterocycles. The van der Waals surface area contributed by atoms with E-state index in [1.54, 1.807) is 0 Å². The van der Waals surface area contributed by atoms with Crippen LogP contribution in [0.4, 0.5) is 0 Å². The van der Waals surface area contributed by atoms with Gasteiger partial charge in [-0.05, 0) is 60.6 Å². The summed E-state index contributed by atoms with van der Waals surface area (Å²) in [7, 11) is 0. The van der Waals surface area contributed by atoms with E-state index in [4.69, 9.17) is 5.73 Å². The number of hydrogen-bond donors (Lipinski definition) is 1. The van der Waals surface area contributed by atoms with Crippen LogP contribution in [-0.4, -0.2) is 0 Å². The predicted octanol–water partition coefficient (Wildman–Crippen LogP) is 5.04. The number of aryl methyl sites for hydroxylation is 1. The van der Waals surface area contributed by atoms with Gasteiger partial charge in [-0.2, -0.15) is 0 Å². The van der Waals surface area contributed by atoms with E-state index in [0.717, 1.165) is 18.8 Å². The normalized spacial score (nSPS) is 16.9. The average Bonchev–Trinajstić information content (AvgIpc) is 2.91.